The lowest BCUT2D eigenvalue weighted by Gasteiger charge is -2.44. The molecular formula is C36H40O4. The van der Waals surface area contributed by atoms with Gasteiger partial charge in [-0.2, -0.15) is 0 Å². The van der Waals surface area contributed by atoms with Crippen LogP contribution in [0.2, 0.25) is 0 Å². The smallest absolute Gasteiger partial charge is 0.115 e. The standard InChI is InChI=1S/C36H40O4/c1-25(26-6-14-30(37)15-7-26)22-35(4,28-10-18-32(39)19-11-28)24-36(5,29-12-20-33(40)21-13-29)23-34(2,3)27-8-16-31(38)17-9-27/h6-22,37-40H,23-24H2,1-5H3/b25-22-. The molecule has 2 unspecified atom stereocenters. The Balaban J connectivity index is 1.85. The van der Waals surface area contributed by atoms with Crippen molar-refractivity contribution >= 4 is 5.57 Å². The van der Waals surface area contributed by atoms with E-state index in [0.717, 1.165) is 40.7 Å². The number of hydrogen-bond donors (Lipinski definition) is 4. The van der Waals surface area contributed by atoms with Gasteiger partial charge >= 0.3 is 0 Å². The SMILES string of the molecule is C/C(=C/C(C)(CC(C)(CC(C)(C)c1ccc(O)cc1)c1ccc(O)cc1)c1ccc(O)cc1)c1ccc(O)cc1. The molecule has 0 amide bonds. The summed E-state index contributed by atoms with van der Waals surface area (Å²) in [7, 11) is 0. The molecule has 0 aliphatic heterocycles. The van der Waals surface area contributed by atoms with Gasteiger partial charge in [-0.1, -0.05) is 82.3 Å². The minimum atomic E-state index is -0.437. The highest BCUT2D eigenvalue weighted by Gasteiger charge is 2.41. The number of allylic oxidation sites excluding steroid dienone is 2. The van der Waals surface area contributed by atoms with Gasteiger partial charge in [0.2, 0.25) is 0 Å². The zero-order chi connectivity index (χ0) is 29.1. The number of phenols is 4. The molecule has 0 heterocycles. The molecule has 4 N–H and O–H groups in total. The van der Waals surface area contributed by atoms with E-state index in [1.54, 1.807) is 48.5 Å². The van der Waals surface area contributed by atoms with Crippen LogP contribution in [0.15, 0.2) is 103 Å². The van der Waals surface area contributed by atoms with Crippen molar-refractivity contribution in [3.8, 4) is 23.0 Å². The third kappa shape index (κ3) is 6.51. The van der Waals surface area contributed by atoms with Gasteiger partial charge in [0, 0.05) is 5.41 Å². The summed E-state index contributed by atoms with van der Waals surface area (Å²) in [4.78, 5) is 0. The van der Waals surface area contributed by atoms with Crippen LogP contribution in [-0.4, -0.2) is 20.4 Å². The number of benzene rings is 4. The molecule has 0 radical (unpaired) electrons. The average Bonchev–Trinajstić information content (AvgIpc) is 2.89. The largest absolute Gasteiger partial charge is 0.508 e. The fourth-order valence-corrected chi connectivity index (χ4v) is 6.30. The molecule has 2 atom stereocenters. The second kappa shape index (κ2) is 11.1. The van der Waals surface area contributed by atoms with Crippen molar-refractivity contribution in [1.82, 2.24) is 0 Å². The van der Waals surface area contributed by atoms with Crippen LogP contribution in [0.4, 0.5) is 0 Å². The van der Waals surface area contributed by atoms with Gasteiger partial charge in [0.1, 0.15) is 23.0 Å². The van der Waals surface area contributed by atoms with E-state index < -0.39 is 5.41 Å². The Hall–Kier alpha value is -4.18. The van der Waals surface area contributed by atoms with E-state index in [1.807, 2.05) is 48.5 Å². The van der Waals surface area contributed by atoms with Gasteiger partial charge in [-0.15, -0.1) is 0 Å². The molecule has 4 rings (SSSR count). The molecule has 208 valence electrons. The van der Waals surface area contributed by atoms with Gasteiger partial charge in [0.05, 0.1) is 0 Å². The molecule has 0 saturated heterocycles. The van der Waals surface area contributed by atoms with E-state index >= 15 is 0 Å². The molecular weight excluding hydrogens is 496 g/mol. The van der Waals surface area contributed by atoms with E-state index in [4.69, 9.17) is 0 Å². The fraction of sp³-hybridized carbons (Fsp3) is 0.278. The Labute approximate surface area is 237 Å². The molecule has 0 aliphatic carbocycles. The van der Waals surface area contributed by atoms with Crippen molar-refractivity contribution in [2.45, 2.75) is 63.7 Å². The summed E-state index contributed by atoms with van der Waals surface area (Å²) in [6.07, 6.45) is 3.83. The molecule has 0 fully saturated rings. The minimum Gasteiger partial charge on any atom is -0.508 e. The first-order valence-corrected chi connectivity index (χ1v) is 13.7. The number of hydrogen-bond acceptors (Lipinski definition) is 4. The molecule has 0 aliphatic rings. The summed E-state index contributed by atoms with van der Waals surface area (Å²) in [5.41, 5.74) is 4.44. The summed E-state index contributed by atoms with van der Waals surface area (Å²) in [5.74, 6) is 0.929. The monoisotopic (exact) mass is 536 g/mol. The van der Waals surface area contributed by atoms with Crippen LogP contribution in [0.25, 0.3) is 5.57 Å². The third-order valence-electron chi connectivity index (χ3n) is 8.19. The topological polar surface area (TPSA) is 80.9 Å². The number of phenolic OH excluding ortho intramolecular Hbond substituents is 4. The molecule has 4 nitrogen and oxygen atoms in total. The summed E-state index contributed by atoms with van der Waals surface area (Å²) in [6, 6.07) is 29.6. The zero-order valence-electron chi connectivity index (χ0n) is 24.0. The van der Waals surface area contributed by atoms with Crippen LogP contribution in [0, 0.1) is 0 Å². The Morgan fingerprint density at radius 3 is 1.35 bits per heavy atom. The van der Waals surface area contributed by atoms with Crippen molar-refractivity contribution in [3.63, 3.8) is 0 Å². The van der Waals surface area contributed by atoms with Crippen LogP contribution in [0.1, 0.15) is 69.7 Å². The first kappa shape index (κ1) is 28.8. The highest BCUT2D eigenvalue weighted by Crippen LogP contribution is 2.48. The van der Waals surface area contributed by atoms with Gasteiger partial charge in [0.25, 0.3) is 0 Å². The van der Waals surface area contributed by atoms with Crippen LogP contribution in [0.5, 0.6) is 23.0 Å². The predicted octanol–water partition coefficient (Wildman–Crippen LogP) is 8.59. The molecule has 0 aromatic heterocycles. The third-order valence-corrected chi connectivity index (χ3v) is 8.19. The highest BCUT2D eigenvalue weighted by molar-refractivity contribution is 5.66. The molecule has 0 bridgehead atoms. The van der Waals surface area contributed by atoms with Crippen LogP contribution in [-0.2, 0) is 16.2 Å². The molecule has 0 saturated carbocycles. The Bertz CT molecular complexity index is 1450. The Kier molecular flexibility index (Phi) is 8.02. The second-order valence-electron chi connectivity index (χ2n) is 12.2. The van der Waals surface area contributed by atoms with Crippen molar-refractivity contribution in [2.24, 2.45) is 0 Å². The summed E-state index contributed by atoms with van der Waals surface area (Å²) < 4.78 is 0. The summed E-state index contributed by atoms with van der Waals surface area (Å²) >= 11 is 0. The van der Waals surface area contributed by atoms with Crippen molar-refractivity contribution < 1.29 is 20.4 Å². The van der Waals surface area contributed by atoms with Crippen LogP contribution < -0.4 is 0 Å². The van der Waals surface area contributed by atoms with Gasteiger partial charge in [0.15, 0.2) is 0 Å². The van der Waals surface area contributed by atoms with Crippen molar-refractivity contribution in [3.05, 3.63) is 125 Å². The maximum absolute atomic E-state index is 10.1. The maximum atomic E-state index is 10.1. The highest BCUT2D eigenvalue weighted by atomic mass is 16.3. The lowest BCUT2D eigenvalue weighted by atomic mass is 9.60. The van der Waals surface area contributed by atoms with Crippen LogP contribution in [0.3, 0.4) is 0 Å². The van der Waals surface area contributed by atoms with Gasteiger partial charge < -0.3 is 20.4 Å². The molecule has 4 aromatic carbocycles. The lowest BCUT2D eigenvalue weighted by Crippen LogP contribution is -2.38. The Morgan fingerprint density at radius 1 is 0.525 bits per heavy atom. The predicted molar refractivity (Wildman–Crippen MR) is 163 cm³/mol. The molecule has 4 heteroatoms. The quantitative estimate of drug-likeness (QED) is 0.173. The average molecular weight is 537 g/mol. The van der Waals surface area contributed by atoms with Gasteiger partial charge in [-0.25, -0.2) is 0 Å². The van der Waals surface area contributed by atoms with Gasteiger partial charge in [-0.05, 0) is 107 Å². The number of rotatable bonds is 9. The summed E-state index contributed by atoms with van der Waals surface area (Å²) in [5, 5.41) is 39.9. The lowest BCUT2D eigenvalue weighted by molar-refractivity contribution is 0.269. The molecule has 40 heavy (non-hydrogen) atoms. The van der Waals surface area contributed by atoms with Crippen LogP contribution >= 0.6 is 0 Å². The molecule has 4 aromatic rings. The van der Waals surface area contributed by atoms with E-state index in [9.17, 15) is 20.4 Å². The van der Waals surface area contributed by atoms with E-state index in [2.05, 4.69) is 40.7 Å². The number of aromatic hydroxyl groups is 4. The van der Waals surface area contributed by atoms with Crippen molar-refractivity contribution in [2.75, 3.05) is 0 Å². The zero-order valence-corrected chi connectivity index (χ0v) is 24.0. The second-order valence-corrected chi connectivity index (χ2v) is 12.2. The van der Waals surface area contributed by atoms with E-state index in [-0.39, 0.29) is 33.8 Å². The van der Waals surface area contributed by atoms with Crippen molar-refractivity contribution in [1.29, 1.82) is 0 Å². The first-order valence-electron chi connectivity index (χ1n) is 13.7. The fourth-order valence-electron chi connectivity index (χ4n) is 6.30. The first-order chi connectivity index (χ1) is 18.8. The maximum Gasteiger partial charge on any atom is 0.115 e. The van der Waals surface area contributed by atoms with E-state index in [1.165, 1.54) is 0 Å². The summed E-state index contributed by atoms with van der Waals surface area (Å²) in [6.45, 7) is 11.1. The van der Waals surface area contributed by atoms with E-state index in [0.29, 0.717) is 0 Å². The van der Waals surface area contributed by atoms with Gasteiger partial charge in [-0.3, -0.25) is 0 Å². The Morgan fingerprint density at radius 2 is 0.900 bits per heavy atom. The minimum absolute atomic E-state index is 0.222. The molecule has 0 spiro atoms. The normalized spacial score (nSPS) is 15.3.